The molecule has 1 aliphatic carbocycles. The van der Waals surface area contributed by atoms with E-state index < -0.39 is 0 Å². The fourth-order valence-corrected chi connectivity index (χ4v) is 3.43. The zero-order chi connectivity index (χ0) is 19.5. The first kappa shape index (κ1) is 17.1. The molecule has 1 saturated heterocycles. The van der Waals surface area contributed by atoms with Gasteiger partial charge in [-0.3, -0.25) is 9.78 Å². The van der Waals surface area contributed by atoms with Crippen molar-refractivity contribution in [3.8, 4) is 0 Å². The van der Waals surface area contributed by atoms with Crippen molar-refractivity contribution in [2.75, 3.05) is 18.4 Å². The number of rotatable bonds is 4. The summed E-state index contributed by atoms with van der Waals surface area (Å²) in [6.45, 7) is 5.00. The van der Waals surface area contributed by atoms with Gasteiger partial charge < -0.3 is 14.6 Å². The van der Waals surface area contributed by atoms with E-state index in [1.165, 1.54) is 12.3 Å². The van der Waals surface area contributed by atoms with Crippen molar-refractivity contribution in [2.45, 2.75) is 38.1 Å². The van der Waals surface area contributed by atoms with Crippen LogP contribution in [0.2, 0.25) is 0 Å². The molecule has 1 N–H and O–H groups in total. The predicted octanol–water partition coefficient (Wildman–Crippen LogP) is 3.27. The summed E-state index contributed by atoms with van der Waals surface area (Å²) < 4.78 is 18.7. The Morgan fingerprint density at radius 1 is 1.32 bits per heavy atom. The molecule has 0 atom stereocenters. The summed E-state index contributed by atoms with van der Waals surface area (Å²) in [5.74, 6) is 0.988. The summed E-state index contributed by atoms with van der Waals surface area (Å²) in [6, 6.07) is 4.94. The Hall–Kier alpha value is -3.03. The number of anilines is 1. The van der Waals surface area contributed by atoms with E-state index in [4.69, 9.17) is 4.42 Å². The topological polar surface area (TPSA) is 84.2 Å². The number of carbonyl (C=O) groups excluding carboxylic acids is 1. The fourth-order valence-electron chi connectivity index (χ4n) is 3.43. The van der Waals surface area contributed by atoms with E-state index in [-0.39, 0.29) is 29.0 Å². The Morgan fingerprint density at radius 3 is 2.79 bits per heavy atom. The Labute approximate surface area is 161 Å². The average Bonchev–Trinajstić information content (AvgIpc) is 3.21. The second-order valence-electron chi connectivity index (χ2n) is 7.97. The van der Waals surface area contributed by atoms with E-state index in [1.54, 1.807) is 11.0 Å². The van der Waals surface area contributed by atoms with Gasteiger partial charge in [0.15, 0.2) is 0 Å². The van der Waals surface area contributed by atoms with Gasteiger partial charge >= 0.3 is 0 Å². The number of nitrogens with one attached hydrogen (secondary N) is 1. The van der Waals surface area contributed by atoms with Crippen molar-refractivity contribution >= 4 is 22.8 Å². The number of aromatic nitrogens is 3. The standard InChI is InChI=1S/C20H20FN5O2/c1-11-7-14-16(25-20(2)5-6-20)23-17(24-18(14)28-11)19(27)26-9-12(10-26)15-4-3-13(21)8-22-15/h3-4,7-8,12H,5-6,9-10H2,1-2H3,(H,23,24,25). The van der Waals surface area contributed by atoms with Crippen LogP contribution in [-0.4, -0.2) is 44.4 Å². The van der Waals surface area contributed by atoms with Crippen LogP contribution in [-0.2, 0) is 0 Å². The molecule has 2 aliphatic rings. The second-order valence-corrected chi connectivity index (χ2v) is 7.97. The van der Waals surface area contributed by atoms with Crippen LogP contribution in [0.3, 0.4) is 0 Å². The first-order chi connectivity index (χ1) is 13.4. The largest absolute Gasteiger partial charge is 0.443 e. The molecule has 0 spiro atoms. The fraction of sp³-hybridized carbons (Fsp3) is 0.400. The van der Waals surface area contributed by atoms with Gasteiger partial charge in [0.2, 0.25) is 11.5 Å². The molecule has 0 bridgehead atoms. The lowest BCUT2D eigenvalue weighted by Crippen LogP contribution is -2.49. The van der Waals surface area contributed by atoms with Gasteiger partial charge in [-0.25, -0.2) is 9.37 Å². The third kappa shape index (κ3) is 2.98. The van der Waals surface area contributed by atoms with E-state index in [2.05, 4.69) is 27.2 Å². The number of fused-ring (bicyclic) bond motifs is 1. The summed E-state index contributed by atoms with van der Waals surface area (Å²) in [5, 5.41) is 4.22. The third-order valence-corrected chi connectivity index (χ3v) is 5.46. The van der Waals surface area contributed by atoms with Gasteiger partial charge in [0.05, 0.1) is 11.6 Å². The van der Waals surface area contributed by atoms with E-state index in [1.807, 2.05) is 13.0 Å². The molecule has 1 amide bonds. The van der Waals surface area contributed by atoms with Gasteiger partial charge in [0.25, 0.3) is 5.91 Å². The molecule has 7 nitrogen and oxygen atoms in total. The maximum absolute atomic E-state index is 13.0. The lowest BCUT2D eigenvalue weighted by molar-refractivity contribution is 0.0586. The van der Waals surface area contributed by atoms with Crippen molar-refractivity contribution in [3.05, 3.63) is 47.5 Å². The van der Waals surface area contributed by atoms with Crippen LogP contribution >= 0.6 is 0 Å². The monoisotopic (exact) mass is 381 g/mol. The van der Waals surface area contributed by atoms with Crippen molar-refractivity contribution in [3.63, 3.8) is 0 Å². The number of carbonyl (C=O) groups is 1. The first-order valence-electron chi connectivity index (χ1n) is 9.37. The van der Waals surface area contributed by atoms with E-state index in [9.17, 15) is 9.18 Å². The summed E-state index contributed by atoms with van der Waals surface area (Å²) in [4.78, 5) is 27.5. The number of amides is 1. The molecule has 4 heterocycles. The maximum Gasteiger partial charge on any atom is 0.291 e. The molecule has 5 rings (SSSR count). The molecule has 0 unspecified atom stereocenters. The van der Waals surface area contributed by atoms with E-state index in [0.717, 1.165) is 29.7 Å². The van der Waals surface area contributed by atoms with Crippen molar-refractivity contribution in [1.29, 1.82) is 0 Å². The quantitative estimate of drug-likeness (QED) is 0.747. The highest BCUT2D eigenvalue weighted by molar-refractivity contribution is 5.95. The number of halogens is 1. The number of nitrogens with zero attached hydrogens (tertiary/aromatic N) is 4. The van der Waals surface area contributed by atoms with Gasteiger partial charge in [0.1, 0.15) is 17.4 Å². The number of aryl methyl sites for hydroxylation is 1. The van der Waals surface area contributed by atoms with Gasteiger partial charge in [-0.2, -0.15) is 4.98 Å². The molecule has 144 valence electrons. The van der Waals surface area contributed by atoms with Crippen LogP contribution in [0.1, 0.15) is 47.8 Å². The molecule has 8 heteroatoms. The van der Waals surface area contributed by atoms with Gasteiger partial charge in [-0.15, -0.1) is 0 Å². The second kappa shape index (κ2) is 5.98. The number of hydrogen-bond donors (Lipinski definition) is 1. The molecule has 2 fully saturated rings. The predicted molar refractivity (Wildman–Crippen MR) is 101 cm³/mol. The van der Waals surface area contributed by atoms with Crippen LogP contribution in [0, 0.1) is 12.7 Å². The summed E-state index contributed by atoms with van der Waals surface area (Å²) >= 11 is 0. The average molecular weight is 381 g/mol. The van der Waals surface area contributed by atoms with Crippen LogP contribution in [0.15, 0.2) is 28.8 Å². The number of likely N-dealkylation sites (tertiary alicyclic amines) is 1. The van der Waals surface area contributed by atoms with E-state index in [0.29, 0.717) is 24.6 Å². The minimum Gasteiger partial charge on any atom is -0.443 e. The highest BCUT2D eigenvalue weighted by Gasteiger charge is 2.39. The lowest BCUT2D eigenvalue weighted by atomic mass is 9.95. The highest BCUT2D eigenvalue weighted by Crippen LogP contribution is 2.39. The maximum atomic E-state index is 13.0. The molecule has 1 saturated carbocycles. The molecule has 3 aromatic heterocycles. The molecular formula is C20H20FN5O2. The van der Waals surface area contributed by atoms with E-state index >= 15 is 0 Å². The SMILES string of the molecule is Cc1cc2c(NC3(C)CC3)nc(C(=O)N3CC(c4ccc(F)cn4)C3)nc2o1. The first-order valence-corrected chi connectivity index (χ1v) is 9.37. The van der Waals surface area contributed by atoms with Crippen molar-refractivity contribution in [1.82, 2.24) is 19.9 Å². The molecular weight excluding hydrogens is 361 g/mol. The van der Waals surface area contributed by atoms with Crippen molar-refractivity contribution < 1.29 is 13.6 Å². The van der Waals surface area contributed by atoms with Gasteiger partial charge in [-0.1, -0.05) is 0 Å². The summed E-state index contributed by atoms with van der Waals surface area (Å²) in [6.07, 6.45) is 3.33. The minimum atomic E-state index is -0.365. The summed E-state index contributed by atoms with van der Waals surface area (Å²) in [5.41, 5.74) is 1.22. The smallest absolute Gasteiger partial charge is 0.291 e. The molecule has 28 heavy (non-hydrogen) atoms. The Morgan fingerprint density at radius 2 is 2.11 bits per heavy atom. The van der Waals surface area contributed by atoms with Gasteiger partial charge in [-0.05, 0) is 44.9 Å². The zero-order valence-corrected chi connectivity index (χ0v) is 15.7. The minimum absolute atomic E-state index is 0.0167. The Kier molecular flexibility index (Phi) is 3.65. The molecule has 0 radical (unpaired) electrons. The van der Waals surface area contributed by atoms with Crippen LogP contribution in [0.4, 0.5) is 10.2 Å². The summed E-state index contributed by atoms with van der Waals surface area (Å²) in [7, 11) is 0. The molecule has 0 aromatic carbocycles. The Bertz CT molecular complexity index is 1070. The Balaban J connectivity index is 1.38. The van der Waals surface area contributed by atoms with Crippen LogP contribution < -0.4 is 5.32 Å². The third-order valence-electron chi connectivity index (χ3n) is 5.46. The zero-order valence-electron chi connectivity index (χ0n) is 15.7. The number of furan rings is 1. The molecule has 3 aromatic rings. The van der Waals surface area contributed by atoms with Crippen LogP contribution in [0.5, 0.6) is 0 Å². The molecule has 1 aliphatic heterocycles. The van der Waals surface area contributed by atoms with Crippen LogP contribution in [0.25, 0.3) is 11.1 Å². The lowest BCUT2D eigenvalue weighted by Gasteiger charge is -2.38. The highest BCUT2D eigenvalue weighted by atomic mass is 19.1. The number of hydrogen-bond acceptors (Lipinski definition) is 6. The normalized spacial score (nSPS) is 18.2. The number of pyridine rings is 1. The van der Waals surface area contributed by atoms with Gasteiger partial charge in [0, 0.05) is 30.2 Å². The van der Waals surface area contributed by atoms with Crippen molar-refractivity contribution in [2.24, 2.45) is 0 Å².